The predicted octanol–water partition coefficient (Wildman–Crippen LogP) is 4.04. The lowest BCUT2D eigenvalue weighted by Crippen LogP contribution is -2.43. The van der Waals surface area contributed by atoms with E-state index in [0.717, 1.165) is 0 Å². The number of halogens is 9. The van der Waals surface area contributed by atoms with Crippen molar-refractivity contribution in [1.82, 2.24) is 0 Å². The summed E-state index contributed by atoms with van der Waals surface area (Å²) in [6.45, 7) is 0.991. The van der Waals surface area contributed by atoms with Gasteiger partial charge in [0.15, 0.2) is 11.6 Å². The number of carbonyl (C=O) groups excluding carboxylic acids is 1. The van der Waals surface area contributed by atoms with Crippen molar-refractivity contribution < 1.29 is 49.0 Å². The zero-order valence-electron chi connectivity index (χ0n) is 11.6. The van der Waals surface area contributed by atoms with E-state index < -0.39 is 64.3 Å². The SMILES string of the molecule is CCOC(=O)Cc1c(F)c(F)c2c(c1F)C(F)(F)C(F)(F)C2(F)F. The summed E-state index contributed by atoms with van der Waals surface area (Å²) in [4.78, 5) is 11.2. The Kier molecular flexibility index (Phi) is 4.05. The molecule has 11 heteroatoms. The molecule has 2 nitrogen and oxygen atoms in total. The van der Waals surface area contributed by atoms with Crippen LogP contribution in [0.3, 0.4) is 0 Å². The molecular formula is C13H7F9O2. The molecule has 0 aliphatic heterocycles. The minimum Gasteiger partial charge on any atom is -0.466 e. The zero-order chi connectivity index (χ0) is 18.7. The average molecular weight is 366 g/mol. The van der Waals surface area contributed by atoms with Gasteiger partial charge < -0.3 is 4.74 Å². The number of hydrogen-bond donors (Lipinski definition) is 0. The van der Waals surface area contributed by atoms with Crippen LogP contribution in [0.1, 0.15) is 23.6 Å². The topological polar surface area (TPSA) is 26.3 Å². The Morgan fingerprint density at radius 1 is 0.875 bits per heavy atom. The lowest BCUT2D eigenvalue weighted by Gasteiger charge is -2.23. The maximum Gasteiger partial charge on any atom is 0.380 e. The molecule has 0 atom stereocenters. The smallest absolute Gasteiger partial charge is 0.380 e. The molecule has 0 saturated heterocycles. The number of fused-ring (bicyclic) bond motifs is 1. The van der Waals surface area contributed by atoms with Gasteiger partial charge in [-0.25, -0.2) is 13.2 Å². The molecule has 1 aromatic rings. The minimum atomic E-state index is -6.18. The summed E-state index contributed by atoms with van der Waals surface area (Å²) in [5, 5.41) is 0. The molecule has 1 aliphatic carbocycles. The lowest BCUT2D eigenvalue weighted by atomic mass is 9.99. The highest BCUT2D eigenvalue weighted by Crippen LogP contribution is 2.64. The second-order valence-corrected chi connectivity index (χ2v) is 4.88. The molecular weight excluding hydrogens is 359 g/mol. The summed E-state index contributed by atoms with van der Waals surface area (Å²) in [5.74, 6) is -27.0. The molecule has 1 aromatic carbocycles. The molecule has 0 saturated carbocycles. The van der Waals surface area contributed by atoms with E-state index >= 15 is 0 Å². The fraction of sp³-hybridized carbons (Fsp3) is 0.462. The van der Waals surface area contributed by atoms with Gasteiger partial charge in [0.2, 0.25) is 0 Å². The molecule has 0 heterocycles. The van der Waals surface area contributed by atoms with Crippen LogP contribution in [-0.4, -0.2) is 18.5 Å². The van der Waals surface area contributed by atoms with E-state index in [1.165, 1.54) is 6.92 Å². The van der Waals surface area contributed by atoms with Crippen molar-refractivity contribution in [3.8, 4) is 0 Å². The van der Waals surface area contributed by atoms with Gasteiger partial charge in [-0.05, 0) is 6.92 Å². The highest BCUT2D eigenvalue weighted by Gasteiger charge is 2.81. The third-order valence-corrected chi connectivity index (χ3v) is 3.45. The fourth-order valence-electron chi connectivity index (χ4n) is 2.32. The van der Waals surface area contributed by atoms with Gasteiger partial charge in [0, 0.05) is 5.56 Å². The average Bonchev–Trinajstić information content (AvgIpc) is 2.56. The Morgan fingerprint density at radius 2 is 1.33 bits per heavy atom. The maximum atomic E-state index is 14.0. The summed E-state index contributed by atoms with van der Waals surface area (Å²) in [6.07, 6.45) is -1.44. The number of hydrogen-bond acceptors (Lipinski definition) is 2. The van der Waals surface area contributed by atoms with Crippen molar-refractivity contribution >= 4 is 5.97 Å². The molecule has 0 fully saturated rings. The van der Waals surface area contributed by atoms with Crippen LogP contribution < -0.4 is 0 Å². The summed E-state index contributed by atoms with van der Waals surface area (Å²) in [5.41, 5.74) is -7.13. The Balaban J connectivity index is 2.79. The number of alkyl halides is 6. The van der Waals surface area contributed by atoms with Crippen molar-refractivity contribution in [1.29, 1.82) is 0 Å². The van der Waals surface area contributed by atoms with Gasteiger partial charge in [0.25, 0.3) is 0 Å². The van der Waals surface area contributed by atoms with E-state index in [4.69, 9.17) is 0 Å². The normalized spacial score (nSPS) is 19.9. The molecule has 24 heavy (non-hydrogen) atoms. The molecule has 0 bridgehead atoms. The standard InChI is InChI=1S/C13H7F9O2/c1-2-24-5(23)3-4-8(14)6-7(10(16)9(4)15)12(19,20)13(21,22)11(6,17)18/h2-3H2,1H3. The molecule has 2 rings (SSSR count). The fourth-order valence-corrected chi connectivity index (χ4v) is 2.32. The molecule has 134 valence electrons. The predicted molar refractivity (Wildman–Crippen MR) is 59.4 cm³/mol. The number of esters is 1. The first-order valence-corrected chi connectivity index (χ1v) is 6.31. The van der Waals surface area contributed by atoms with E-state index in [0.29, 0.717) is 0 Å². The van der Waals surface area contributed by atoms with Gasteiger partial charge in [-0.3, -0.25) is 4.79 Å². The first kappa shape index (κ1) is 18.4. The third-order valence-electron chi connectivity index (χ3n) is 3.45. The minimum absolute atomic E-state index is 0.290. The Labute approximate surface area is 128 Å². The quantitative estimate of drug-likeness (QED) is 0.459. The van der Waals surface area contributed by atoms with Gasteiger partial charge in [0.05, 0.1) is 24.2 Å². The van der Waals surface area contributed by atoms with Crippen LogP contribution in [0.15, 0.2) is 0 Å². The van der Waals surface area contributed by atoms with Crippen LogP contribution >= 0.6 is 0 Å². The van der Waals surface area contributed by atoms with Crippen LogP contribution in [0.2, 0.25) is 0 Å². The Bertz CT molecular complexity index is 712. The van der Waals surface area contributed by atoms with Crippen molar-refractivity contribution in [3.63, 3.8) is 0 Å². The van der Waals surface area contributed by atoms with E-state index in [1.54, 1.807) is 0 Å². The van der Waals surface area contributed by atoms with Gasteiger partial charge in [0.1, 0.15) is 5.82 Å². The summed E-state index contributed by atoms with van der Waals surface area (Å²) in [6, 6.07) is 0. The van der Waals surface area contributed by atoms with E-state index in [-0.39, 0.29) is 6.61 Å². The molecule has 0 N–H and O–H groups in total. The number of ether oxygens (including phenoxy) is 1. The summed E-state index contributed by atoms with van der Waals surface area (Å²) < 4.78 is 126. The van der Waals surface area contributed by atoms with Crippen LogP contribution in [0.25, 0.3) is 0 Å². The van der Waals surface area contributed by atoms with Crippen LogP contribution in [0, 0.1) is 17.5 Å². The number of rotatable bonds is 3. The Hall–Kier alpha value is -1.94. The van der Waals surface area contributed by atoms with Gasteiger partial charge in [-0.15, -0.1) is 0 Å². The maximum absolute atomic E-state index is 14.0. The summed E-state index contributed by atoms with van der Waals surface area (Å²) in [7, 11) is 0. The molecule has 0 radical (unpaired) electrons. The van der Waals surface area contributed by atoms with Gasteiger partial charge in [-0.2, -0.15) is 26.3 Å². The van der Waals surface area contributed by atoms with Crippen molar-refractivity contribution in [2.75, 3.05) is 6.61 Å². The Morgan fingerprint density at radius 3 is 1.79 bits per heavy atom. The van der Waals surface area contributed by atoms with Crippen molar-refractivity contribution in [2.45, 2.75) is 31.1 Å². The second-order valence-electron chi connectivity index (χ2n) is 4.88. The molecule has 0 amide bonds. The zero-order valence-corrected chi connectivity index (χ0v) is 11.6. The van der Waals surface area contributed by atoms with Crippen LogP contribution in [0.4, 0.5) is 39.5 Å². The third kappa shape index (κ3) is 2.09. The van der Waals surface area contributed by atoms with Gasteiger partial charge >= 0.3 is 23.7 Å². The largest absolute Gasteiger partial charge is 0.466 e. The van der Waals surface area contributed by atoms with Crippen LogP contribution in [-0.2, 0) is 27.8 Å². The van der Waals surface area contributed by atoms with E-state index in [9.17, 15) is 44.3 Å². The first-order valence-electron chi connectivity index (χ1n) is 6.31. The lowest BCUT2D eigenvalue weighted by molar-refractivity contribution is -0.303. The van der Waals surface area contributed by atoms with Crippen LogP contribution in [0.5, 0.6) is 0 Å². The van der Waals surface area contributed by atoms with Gasteiger partial charge in [-0.1, -0.05) is 0 Å². The van der Waals surface area contributed by atoms with E-state index in [1.807, 2.05) is 0 Å². The molecule has 0 aromatic heterocycles. The number of benzene rings is 1. The molecule has 0 spiro atoms. The van der Waals surface area contributed by atoms with E-state index in [2.05, 4.69) is 4.74 Å². The second kappa shape index (κ2) is 5.28. The monoisotopic (exact) mass is 366 g/mol. The highest BCUT2D eigenvalue weighted by atomic mass is 19.3. The molecule has 0 unspecified atom stereocenters. The summed E-state index contributed by atoms with van der Waals surface area (Å²) >= 11 is 0. The van der Waals surface area contributed by atoms with Crippen molar-refractivity contribution in [3.05, 3.63) is 34.1 Å². The van der Waals surface area contributed by atoms with Crippen molar-refractivity contribution in [2.24, 2.45) is 0 Å². The number of carbonyl (C=O) groups is 1. The highest BCUT2D eigenvalue weighted by molar-refractivity contribution is 5.73. The molecule has 1 aliphatic rings. The first-order chi connectivity index (χ1) is 10.8.